The number of likely N-dealkylation sites (N-methyl/N-ethyl adjacent to an activating group) is 1. The van der Waals surface area contributed by atoms with Crippen molar-refractivity contribution in [3.63, 3.8) is 0 Å². The average molecular weight is 319 g/mol. The number of hydrogen-bond acceptors (Lipinski definition) is 4. The van der Waals surface area contributed by atoms with Crippen LogP contribution in [-0.2, 0) is 14.8 Å². The van der Waals surface area contributed by atoms with Crippen LogP contribution in [0.5, 0.6) is 0 Å². The lowest BCUT2D eigenvalue weighted by Gasteiger charge is -2.27. The first kappa shape index (κ1) is 15.6. The number of ether oxygens (including phenoxy) is 1. The zero-order chi connectivity index (χ0) is 14.8. The molecule has 7 heteroatoms. The van der Waals surface area contributed by atoms with Crippen molar-refractivity contribution in [2.75, 3.05) is 25.9 Å². The van der Waals surface area contributed by atoms with Crippen molar-refractivity contribution in [3.8, 4) is 0 Å². The van der Waals surface area contributed by atoms with Gasteiger partial charge in [-0.25, -0.2) is 8.42 Å². The number of rotatable bonds is 4. The predicted molar refractivity (Wildman–Crippen MR) is 79.3 cm³/mol. The molecule has 1 aliphatic heterocycles. The van der Waals surface area contributed by atoms with Crippen molar-refractivity contribution < 1.29 is 13.2 Å². The molecule has 20 heavy (non-hydrogen) atoms. The predicted octanol–water partition coefficient (Wildman–Crippen LogP) is 2.11. The summed E-state index contributed by atoms with van der Waals surface area (Å²) in [6, 6.07) is 4.34. The molecule has 1 fully saturated rings. The first-order valence-electron chi connectivity index (χ1n) is 6.54. The Hall–Kier alpha value is -0.820. The fourth-order valence-corrected chi connectivity index (χ4v) is 3.55. The molecule has 0 aromatic heterocycles. The summed E-state index contributed by atoms with van der Waals surface area (Å²) in [6.07, 6.45) is 2.98. The van der Waals surface area contributed by atoms with E-state index in [1.807, 2.05) is 0 Å². The number of benzene rings is 1. The highest BCUT2D eigenvalue weighted by Crippen LogP contribution is 2.24. The summed E-state index contributed by atoms with van der Waals surface area (Å²) in [5.41, 5.74) is 5.92. The van der Waals surface area contributed by atoms with E-state index in [9.17, 15) is 8.42 Å². The van der Waals surface area contributed by atoms with Crippen molar-refractivity contribution in [1.29, 1.82) is 0 Å². The molecule has 0 spiro atoms. The second-order valence-electron chi connectivity index (χ2n) is 4.96. The van der Waals surface area contributed by atoms with Gasteiger partial charge in [0, 0.05) is 20.2 Å². The maximum Gasteiger partial charge on any atom is 0.242 e. The van der Waals surface area contributed by atoms with Crippen LogP contribution >= 0.6 is 11.6 Å². The first-order valence-corrected chi connectivity index (χ1v) is 8.36. The average Bonchev–Trinajstić information content (AvgIpc) is 2.42. The van der Waals surface area contributed by atoms with E-state index in [0.717, 1.165) is 19.3 Å². The molecule has 1 atom stereocenters. The van der Waals surface area contributed by atoms with Gasteiger partial charge in [-0.1, -0.05) is 11.6 Å². The molecule has 112 valence electrons. The van der Waals surface area contributed by atoms with Gasteiger partial charge in [0.15, 0.2) is 0 Å². The number of nitrogens with two attached hydrogens (primary N) is 1. The molecule has 0 aliphatic carbocycles. The number of hydrogen-bond donors (Lipinski definition) is 1. The maximum atomic E-state index is 12.4. The normalized spacial score (nSPS) is 20.2. The van der Waals surface area contributed by atoms with Crippen molar-refractivity contribution in [2.45, 2.75) is 30.3 Å². The monoisotopic (exact) mass is 318 g/mol. The van der Waals surface area contributed by atoms with Gasteiger partial charge in [-0.15, -0.1) is 0 Å². The fraction of sp³-hybridized carbons (Fsp3) is 0.538. The van der Waals surface area contributed by atoms with Crippen molar-refractivity contribution in [1.82, 2.24) is 4.31 Å². The molecule has 1 aliphatic rings. The summed E-state index contributed by atoms with van der Waals surface area (Å²) < 4.78 is 31.8. The van der Waals surface area contributed by atoms with E-state index in [2.05, 4.69) is 0 Å². The zero-order valence-corrected chi connectivity index (χ0v) is 13.0. The molecule has 2 N–H and O–H groups in total. The Morgan fingerprint density at radius 1 is 1.45 bits per heavy atom. The Morgan fingerprint density at radius 2 is 2.20 bits per heavy atom. The van der Waals surface area contributed by atoms with E-state index in [4.69, 9.17) is 22.1 Å². The largest absolute Gasteiger partial charge is 0.397 e. The topological polar surface area (TPSA) is 72.6 Å². The number of sulfonamides is 1. The van der Waals surface area contributed by atoms with E-state index in [1.165, 1.54) is 22.5 Å². The number of nitrogens with zero attached hydrogens (tertiary/aromatic N) is 1. The van der Waals surface area contributed by atoms with Crippen LogP contribution in [0.4, 0.5) is 5.69 Å². The Kier molecular flexibility index (Phi) is 4.90. The minimum Gasteiger partial charge on any atom is -0.397 e. The fourth-order valence-electron chi connectivity index (χ4n) is 2.20. The van der Waals surface area contributed by atoms with Crippen molar-refractivity contribution in [2.24, 2.45) is 0 Å². The Labute approximate surface area is 124 Å². The van der Waals surface area contributed by atoms with Gasteiger partial charge in [-0.05, 0) is 37.5 Å². The molecule has 5 nitrogen and oxygen atoms in total. The molecule has 0 saturated carbocycles. The lowest BCUT2D eigenvalue weighted by molar-refractivity contribution is 0.00859. The third-order valence-corrected chi connectivity index (χ3v) is 5.57. The second-order valence-corrected chi connectivity index (χ2v) is 7.41. The van der Waals surface area contributed by atoms with Crippen LogP contribution in [-0.4, -0.2) is 39.0 Å². The quantitative estimate of drug-likeness (QED) is 0.863. The summed E-state index contributed by atoms with van der Waals surface area (Å²) in [5, 5.41) is 0.349. The standard InChI is InChI=1S/C13H19ClN2O3S/c1-16(9-10-4-2-3-7-19-10)20(17,18)11-5-6-12(14)13(15)8-11/h5-6,8,10H,2-4,7,9,15H2,1H3. The molecular weight excluding hydrogens is 300 g/mol. The van der Waals surface area contributed by atoms with Crippen LogP contribution < -0.4 is 5.73 Å². The highest BCUT2D eigenvalue weighted by molar-refractivity contribution is 7.89. The Bertz CT molecular complexity index is 571. The van der Waals surface area contributed by atoms with E-state index < -0.39 is 10.0 Å². The Morgan fingerprint density at radius 3 is 2.80 bits per heavy atom. The SMILES string of the molecule is CN(CC1CCCCO1)S(=O)(=O)c1ccc(Cl)c(N)c1. The number of halogens is 1. The summed E-state index contributed by atoms with van der Waals surface area (Å²) in [6.45, 7) is 1.05. The van der Waals surface area contributed by atoms with E-state index in [1.54, 1.807) is 7.05 Å². The van der Waals surface area contributed by atoms with E-state index in [-0.39, 0.29) is 16.7 Å². The van der Waals surface area contributed by atoms with E-state index >= 15 is 0 Å². The summed E-state index contributed by atoms with van der Waals surface area (Å²) in [4.78, 5) is 0.151. The molecule has 1 aromatic carbocycles. The number of nitrogen functional groups attached to an aromatic ring is 1. The zero-order valence-electron chi connectivity index (χ0n) is 11.4. The van der Waals surface area contributed by atoms with Crippen molar-refractivity contribution >= 4 is 27.3 Å². The van der Waals surface area contributed by atoms with Crippen molar-refractivity contribution in [3.05, 3.63) is 23.2 Å². The lowest BCUT2D eigenvalue weighted by atomic mass is 10.1. The van der Waals surface area contributed by atoms with Crippen LogP contribution in [0.2, 0.25) is 5.02 Å². The molecule has 1 unspecified atom stereocenters. The molecule has 1 aromatic rings. The molecule has 0 amide bonds. The third-order valence-electron chi connectivity index (χ3n) is 3.41. The van der Waals surface area contributed by atoms with Crippen LogP contribution in [0.3, 0.4) is 0 Å². The maximum absolute atomic E-state index is 12.4. The Balaban J connectivity index is 2.13. The van der Waals surface area contributed by atoms with Crippen LogP contribution in [0.25, 0.3) is 0 Å². The first-order chi connectivity index (χ1) is 9.41. The van der Waals surface area contributed by atoms with Gasteiger partial charge >= 0.3 is 0 Å². The number of anilines is 1. The lowest BCUT2D eigenvalue weighted by Crippen LogP contribution is -2.37. The molecule has 0 radical (unpaired) electrons. The van der Waals surface area contributed by atoms with Gasteiger partial charge in [0.2, 0.25) is 10.0 Å². The molecule has 1 heterocycles. The van der Waals surface area contributed by atoms with E-state index in [0.29, 0.717) is 18.2 Å². The van der Waals surface area contributed by atoms with Crippen LogP contribution in [0, 0.1) is 0 Å². The highest BCUT2D eigenvalue weighted by atomic mass is 35.5. The second kappa shape index (κ2) is 6.30. The van der Waals surface area contributed by atoms with Crippen LogP contribution in [0.1, 0.15) is 19.3 Å². The summed E-state index contributed by atoms with van der Waals surface area (Å²) in [5.74, 6) is 0. The molecular formula is C13H19ClN2O3S. The minimum atomic E-state index is -3.56. The highest BCUT2D eigenvalue weighted by Gasteiger charge is 2.25. The summed E-state index contributed by atoms with van der Waals surface area (Å²) >= 11 is 5.81. The smallest absolute Gasteiger partial charge is 0.242 e. The van der Waals surface area contributed by atoms with Gasteiger partial charge in [0.25, 0.3) is 0 Å². The molecule has 0 bridgehead atoms. The third kappa shape index (κ3) is 3.44. The van der Waals surface area contributed by atoms with Gasteiger partial charge in [0.05, 0.1) is 21.7 Å². The molecule has 1 saturated heterocycles. The van der Waals surface area contributed by atoms with Gasteiger partial charge in [-0.3, -0.25) is 0 Å². The van der Waals surface area contributed by atoms with Gasteiger partial charge in [0.1, 0.15) is 0 Å². The minimum absolute atomic E-state index is 0.0341. The summed E-state index contributed by atoms with van der Waals surface area (Å²) in [7, 11) is -2.01. The molecule has 2 rings (SSSR count). The van der Waals surface area contributed by atoms with Gasteiger partial charge < -0.3 is 10.5 Å². The van der Waals surface area contributed by atoms with Crippen LogP contribution in [0.15, 0.2) is 23.1 Å². The van der Waals surface area contributed by atoms with Gasteiger partial charge in [-0.2, -0.15) is 4.31 Å².